The van der Waals surface area contributed by atoms with E-state index in [-0.39, 0.29) is 6.04 Å². The third kappa shape index (κ3) is 7.49. The highest BCUT2D eigenvalue weighted by molar-refractivity contribution is 6.31. The van der Waals surface area contributed by atoms with E-state index in [0.29, 0.717) is 5.02 Å². The van der Waals surface area contributed by atoms with E-state index in [1.54, 1.807) is 0 Å². The molecule has 0 aliphatic carbocycles. The molecule has 1 N–H and O–H groups in total. The van der Waals surface area contributed by atoms with Gasteiger partial charge in [0.05, 0.1) is 11.6 Å². The van der Waals surface area contributed by atoms with Crippen molar-refractivity contribution in [1.29, 1.82) is 0 Å². The van der Waals surface area contributed by atoms with E-state index in [1.165, 1.54) is 11.1 Å². The summed E-state index contributed by atoms with van der Waals surface area (Å²) in [4.78, 5) is 19.5. The van der Waals surface area contributed by atoms with E-state index in [2.05, 4.69) is 91.4 Å². The number of hydrogen-bond donors (Lipinski definition) is 1. The van der Waals surface area contributed by atoms with Gasteiger partial charge in [-0.1, -0.05) is 72.6 Å². The van der Waals surface area contributed by atoms with Crippen molar-refractivity contribution in [2.24, 2.45) is 0 Å². The van der Waals surface area contributed by atoms with Gasteiger partial charge in [-0.05, 0) is 71.8 Å². The summed E-state index contributed by atoms with van der Waals surface area (Å²) in [6.45, 7) is 12.6. The second-order valence-electron chi connectivity index (χ2n) is 12.4. The third-order valence-electron chi connectivity index (χ3n) is 9.49. The van der Waals surface area contributed by atoms with E-state index in [9.17, 15) is 0 Å². The Balaban J connectivity index is 1.01. The van der Waals surface area contributed by atoms with Gasteiger partial charge in [-0.3, -0.25) is 9.88 Å². The third-order valence-corrected chi connectivity index (χ3v) is 9.97. The highest BCUT2D eigenvalue weighted by Crippen LogP contribution is 2.32. The first kappa shape index (κ1) is 31.7. The van der Waals surface area contributed by atoms with E-state index < -0.39 is 0 Å². The van der Waals surface area contributed by atoms with Crippen LogP contribution >= 0.6 is 23.2 Å². The fraction of sp³-hybridized carbons (Fsp3) is 0.316. The van der Waals surface area contributed by atoms with Gasteiger partial charge in [0.15, 0.2) is 0 Å². The van der Waals surface area contributed by atoms with Crippen LogP contribution in [0, 0.1) is 0 Å². The van der Waals surface area contributed by atoms with Crippen LogP contribution in [-0.2, 0) is 6.54 Å². The fourth-order valence-electron chi connectivity index (χ4n) is 6.68. The average molecular weight is 667 g/mol. The summed E-state index contributed by atoms with van der Waals surface area (Å²) in [5.41, 5.74) is 5.50. The summed E-state index contributed by atoms with van der Waals surface area (Å²) < 4.78 is 0. The molecular formula is C38H41Cl2N7. The monoisotopic (exact) mass is 665 g/mol. The number of fused-ring (bicyclic) bond motifs is 1. The molecule has 2 fully saturated rings. The molecule has 1 unspecified atom stereocenters. The lowest BCUT2D eigenvalue weighted by atomic mass is 9.97. The van der Waals surface area contributed by atoms with Crippen LogP contribution in [0.4, 0.5) is 17.3 Å². The maximum atomic E-state index is 6.27. The van der Waals surface area contributed by atoms with Crippen molar-refractivity contribution in [3.8, 4) is 0 Å². The molecule has 5 aromatic rings. The average Bonchev–Trinajstić information content (AvgIpc) is 3.12. The molecule has 0 radical (unpaired) electrons. The number of anilines is 3. The van der Waals surface area contributed by atoms with Crippen LogP contribution in [0.25, 0.3) is 10.9 Å². The van der Waals surface area contributed by atoms with E-state index >= 15 is 0 Å². The van der Waals surface area contributed by atoms with Crippen LogP contribution in [0.2, 0.25) is 10.0 Å². The number of halogens is 2. The first-order valence-corrected chi connectivity index (χ1v) is 17.3. The van der Waals surface area contributed by atoms with Crippen molar-refractivity contribution in [3.63, 3.8) is 0 Å². The van der Waals surface area contributed by atoms with Gasteiger partial charge >= 0.3 is 0 Å². The Kier molecular flexibility index (Phi) is 9.77. The van der Waals surface area contributed by atoms with Crippen LogP contribution in [0.3, 0.4) is 0 Å². The Morgan fingerprint density at radius 2 is 1.28 bits per heavy atom. The minimum absolute atomic E-state index is 0.0649. The molecule has 9 heteroatoms. The second-order valence-corrected chi connectivity index (χ2v) is 13.3. The maximum Gasteiger partial charge on any atom is 0.131 e. The summed E-state index contributed by atoms with van der Waals surface area (Å²) in [6.07, 6.45) is 1.82. The zero-order valence-electron chi connectivity index (χ0n) is 26.8. The normalized spacial score (nSPS) is 16.8. The van der Waals surface area contributed by atoms with Gasteiger partial charge in [0, 0.05) is 86.2 Å². The van der Waals surface area contributed by atoms with Crippen molar-refractivity contribution >= 4 is 51.4 Å². The second kappa shape index (κ2) is 14.5. The quantitative estimate of drug-likeness (QED) is 0.174. The molecule has 2 aliphatic rings. The Morgan fingerprint density at radius 3 is 1.91 bits per heavy atom. The van der Waals surface area contributed by atoms with Crippen LogP contribution < -0.4 is 15.1 Å². The summed E-state index contributed by atoms with van der Waals surface area (Å²) in [6, 6.07) is 31.4. The van der Waals surface area contributed by atoms with E-state index in [0.717, 1.165) is 104 Å². The Labute approximate surface area is 287 Å². The summed E-state index contributed by atoms with van der Waals surface area (Å²) >= 11 is 12.5. The van der Waals surface area contributed by atoms with E-state index in [4.69, 9.17) is 28.2 Å². The number of benzene rings is 3. The highest BCUT2D eigenvalue weighted by Gasteiger charge is 2.22. The first-order valence-electron chi connectivity index (χ1n) is 16.6. The topological polar surface area (TPSA) is 50.8 Å². The molecular weight excluding hydrogens is 625 g/mol. The minimum Gasteiger partial charge on any atom is -0.374 e. The predicted molar refractivity (Wildman–Crippen MR) is 196 cm³/mol. The number of likely N-dealkylation sites (N-methyl/N-ethyl adjacent to an activating group) is 1. The number of rotatable bonds is 9. The van der Waals surface area contributed by atoms with Crippen molar-refractivity contribution in [1.82, 2.24) is 19.8 Å². The number of nitrogens with zero attached hydrogens (tertiary/aromatic N) is 6. The number of hydrogen-bond acceptors (Lipinski definition) is 7. The molecule has 0 saturated carbocycles. The lowest BCUT2D eigenvalue weighted by Crippen LogP contribution is -2.47. The number of nitrogens with one attached hydrogen (secondary N) is 1. The van der Waals surface area contributed by atoms with Crippen molar-refractivity contribution in [2.45, 2.75) is 19.5 Å². The Bertz CT molecular complexity index is 1780. The molecule has 7 nitrogen and oxygen atoms in total. The molecule has 4 heterocycles. The molecule has 7 rings (SSSR count). The van der Waals surface area contributed by atoms with Crippen molar-refractivity contribution in [3.05, 3.63) is 124 Å². The minimum atomic E-state index is -0.0649. The van der Waals surface area contributed by atoms with Gasteiger partial charge in [0.25, 0.3) is 0 Å². The maximum absolute atomic E-state index is 6.27. The molecule has 0 amide bonds. The molecule has 0 bridgehead atoms. The van der Waals surface area contributed by atoms with Gasteiger partial charge in [-0.15, -0.1) is 0 Å². The van der Waals surface area contributed by atoms with Crippen molar-refractivity contribution < 1.29 is 0 Å². The molecule has 242 valence electrons. The van der Waals surface area contributed by atoms with Crippen LogP contribution in [0.15, 0.2) is 97.2 Å². The van der Waals surface area contributed by atoms with Crippen molar-refractivity contribution in [2.75, 3.05) is 74.0 Å². The number of pyridine rings is 2. The van der Waals surface area contributed by atoms with Gasteiger partial charge in [0.1, 0.15) is 11.6 Å². The molecule has 2 aromatic heterocycles. The molecule has 0 spiro atoms. The number of piperazine rings is 2. The summed E-state index contributed by atoms with van der Waals surface area (Å²) in [5, 5.41) is 6.22. The lowest BCUT2D eigenvalue weighted by molar-refractivity contribution is 0.249. The van der Waals surface area contributed by atoms with Gasteiger partial charge in [-0.25, -0.2) is 4.98 Å². The lowest BCUT2D eigenvalue weighted by Gasteiger charge is -2.37. The van der Waals surface area contributed by atoms with Gasteiger partial charge in [0.2, 0.25) is 0 Å². The molecule has 3 aromatic carbocycles. The SMILES string of the molecule is CCN1CCN(c2cccc(N3CCN(Cc4ccc(C(Nc5ccnc6cc(Cl)ccc56)c5ccc(Cl)cc5)cc4)CC3)n2)CC1. The molecule has 2 aliphatic heterocycles. The molecule has 2 saturated heterocycles. The predicted octanol–water partition coefficient (Wildman–Crippen LogP) is 7.60. The van der Waals surface area contributed by atoms with Crippen LogP contribution in [0.1, 0.15) is 29.7 Å². The van der Waals surface area contributed by atoms with Gasteiger partial charge < -0.3 is 20.0 Å². The largest absolute Gasteiger partial charge is 0.374 e. The van der Waals surface area contributed by atoms with Crippen LogP contribution in [-0.4, -0.2) is 78.7 Å². The number of aromatic nitrogens is 2. The van der Waals surface area contributed by atoms with E-state index in [1.807, 2.05) is 42.6 Å². The Morgan fingerprint density at radius 1 is 0.681 bits per heavy atom. The molecule has 1 atom stereocenters. The summed E-state index contributed by atoms with van der Waals surface area (Å²) in [5.74, 6) is 2.20. The fourth-order valence-corrected chi connectivity index (χ4v) is 6.98. The zero-order valence-corrected chi connectivity index (χ0v) is 28.3. The van der Waals surface area contributed by atoms with Crippen LogP contribution in [0.5, 0.6) is 0 Å². The highest BCUT2D eigenvalue weighted by atomic mass is 35.5. The standard InChI is InChI=1S/C38H41Cl2N7/c1-2-44-18-22-46(23-19-44)36-4-3-5-37(43-36)47-24-20-45(21-25-47)27-28-6-8-29(9-7-28)38(30-10-12-31(39)13-11-30)42-34-16-17-41-35-26-32(40)14-15-33(34)35/h3-17,26,38H,2,18-25,27H2,1H3,(H,41,42). The first-order chi connectivity index (χ1) is 23.0. The summed E-state index contributed by atoms with van der Waals surface area (Å²) in [7, 11) is 0. The van der Waals surface area contributed by atoms with Gasteiger partial charge in [-0.2, -0.15) is 0 Å². The smallest absolute Gasteiger partial charge is 0.131 e. The Hall–Kier alpha value is -3.88. The zero-order chi connectivity index (χ0) is 32.2. The molecule has 47 heavy (non-hydrogen) atoms.